The zero-order valence-corrected chi connectivity index (χ0v) is 13.4. The lowest BCUT2D eigenvalue weighted by Gasteiger charge is -2.31. The summed E-state index contributed by atoms with van der Waals surface area (Å²) in [6.07, 6.45) is 0.261. The Balaban J connectivity index is 1.98. The van der Waals surface area contributed by atoms with Crippen LogP contribution in [0, 0.1) is 13.8 Å². The number of aliphatic hydroxyl groups is 1. The first-order valence-corrected chi connectivity index (χ1v) is 7.72. The Morgan fingerprint density at radius 3 is 2.73 bits per heavy atom. The van der Waals surface area contributed by atoms with E-state index in [9.17, 15) is 5.11 Å². The van der Waals surface area contributed by atoms with Gasteiger partial charge in [0.15, 0.2) is 6.10 Å². The van der Waals surface area contributed by atoms with Crippen molar-refractivity contribution in [2.24, 2.45) is 0 Å². The fraction of sp³-hybridized carbons (Fsp3) is 0.368. The van der Waals surface area contributed by atoms with Crippen LogP contribution in [0.1, 0.15) is 28.4 Å². The van der Waals surface area contributed by atoms with Crippen LogP contribution in [-0.4, -0.2) is 24.3 Å². The van der Waals surface area contributed by atoms with Gasteiger partial charge < -0.3 is 15.2 Å². The van der Waals surface area contributed by atoms with E-state index in [-0.39, 0.29) is 6.10 Å². The average molecular weight is 297 g/mol. The van der Waals surface area contributed by atoms with Crippen LogP contribution in [0.5, 0.6) is 5.75 Å². The van der Waals surface area contributed by atoms with Crippen molar-refractivity contribution in [2.45, 2.75) is 32.0 Å². The monoisotopic (exact) mass is 297 g/mol. The van der Waals surface area contributed by atoms with Crippen LogP contribution >= 0.6 is 0 Å². The maximum Gasteiger partial charge on any atom is 0.154 e. The molecule has 1 aliphatic carbocycles. The summed E-state index contributed by atoms with van der Waals surface area (Å²) in [6, 6.07) is 14.3. The standard InChI is InChI=1S/C19H23NO2/c1-13-8-9-17(14(2)10-13)22-18-16-7-5-4-6-15(16)11-19(18,21)12-20-3/h4-10,18,20-21H,11-12H2,1-3H3/t18-,19+/m1/s1. The minimum absolute atomic E-state index is 0.349. The third kappa shape index (κ3) is 2.62. The van der Waals surface area contributed by atoms with Crippen LogP contribution in [-0.2, 0) is 6.42 Å². The molecule has 2 aromatic rings. The third-order valence-corrected chi connectivity index (χ3v) is 4.38. The van der Waals surface area contributed by atoms with Crippen molar-refractivity contribution in [1.82, 2.24) is 5.32 Å². The number of hydrogen-bond acceptors (Lipinski definition) is 3. The van der Waals surface area contributed by atoms with Crippen LogP contribution in [0.3, 0.4) is 0 Å². The highest BCUT2D eigenvalue weighted by Crippen LogP contribution is 2.42. The molecule has 0 spiro atoms. The van der Waals surface area contributed by atoms with Gasteiger partial charge in [-0.15, -0.1) is 0 Å². The highest BCUT2D eigenvalue weighted by atomic mass is 16.5. The van der Waals surface area contributed by atoms with Gasteiger partial charge in [-0.1, -0.05) is 42.0 Å². The van der Waals surface area contributed by atoms with Gasteiger partial charge in [0.25, 0.3) is 0 Å². The first-order valence-electron chi connectivity index (χ1n) is 7.72. The summed E-state index contributed by atoms with van der Waals surface area (Å²) in [4.78, 5) is 0. The molecule has 0 fully saturated rings. The van der Waals surface area contributed by atoms with E-state index in [1.54, 1.807) is 0 Å². The van der Waals surface area contributed by atoms with E-state index in [2.05, 4.69) is 30.4 Å². The average Bonchev–Trinajstić information content (AvgIpc) is 2.74. The van der Waals surface area contributed by atoms with E-state index in [4.69, 9.17) is 4.74 Å². The number of likely N-dealkylation sites (N-methyl/N-ethyl adjacent to an activating group) is 1. The molecule has 22 heavy (non-hydrogen) atoms. The zero-order valence-electron chi connectivity index (χ0n) is 13.4. The molecule has 0 amide bonds. The Kier molecular flexibility index (Phi) is 3.94. The molecule has 0 heterocycles. The van der Waals surface area contributed by atoms with Gasteiger partial charge in [-0.05, 0) is 43.7 Å². The van der Waals surface area contributed by atoms with Crippen LogP contribution in [0.25, 0.3) is 0 Å². The van der Waals surface area contributed by atoms with Gasteiger partial charge in [0.1, 0.15) is 11.4 Å². The smallest absolute Gasteiger partial charge is 0.154 e. The maximum absolute atomic E-state index is 11.1. The molecule has 1 aliphatic rings. The molecule has 0 bridgehead atoms. The predicted molar refractivity (Wildman–Crippen MR) is 88.3 cm³/mol. The first kappa shape index (κ1) is 15.1. The molecular weight excluding hydrogens is 274 g/mol. The lowest BCUT2D eigenvalue weighted by molar-refractivity contribution is -0.0486. The Hall–Kier alpha value is -1.84. The second-order valence-corrected chi connectivity index (χ2v) is 6.28. The van der Waals surface area contributed by atoms with Crippen molar-refractivity contribution in [1.29, 1.82) is 0 Å². The molecular formula is C19H23NO2. The summed E-state index contributed by atoms with van der Waals surface area (Å²) in [5.74, 6) is 0.835. The van der Waals surface area contributed by atoms with Gasteiger partial charge in [-0.3, -0.25) is 0 Å². The molecule has 2 N–H and O–H groups in total. The number of rotatable bonds is 4. The van der Waals surface area contributed by atoms with Gasteiger partial charge in [0.2, 0.25) is 0 Å². The maximum atomic E-state index is 11.1. The third-order valence-electron chi connectivity index (χ3n) is 4.38. The number of ether oxygens (including phenoxy) is 1. The SMILES string of the molecule is CNC[C@@]1(O)Cc2ccccc2[C@H]1Oc1ccc(C)cc1C. The molecule has 2 atom stereocenters. The number of hydrogen-bond donors (Lipinski definition) is 2. The fourth-order valence-electron chi connectivity index (χ4n) is 3.36. The Morgan fingerprint density at radius 2 is 2.00 bits per heavy atom. The fourth-order valence-corrected chi connectivity index (χ4v) is 3.36. The Labute approximate surface area is 131 Å². The molecule has 0 aliphatic heterocycles. The van der Waals surface area contributed by atoms with E-state index in [1.165, 1.54) is 5.56 Å². The Morgan fingerprint density at radius 1 is 1.23 bits per heavy atom. The second-order valence-electron chi connectivity index (χ2n) is 6.28. The minimum atomic E-state index is -0.921. The Bertz CT molecular complexity index is 683. The summed E-state index contributed by atoms with van der Waals surface area (Å²) in [5, 5.41) is 14.2. The number of benzene rings is 2. The van der Waals surface area contributed by atoms with E-state index in [1.807, 2.05) is 38.2 Å². The molecule has 2 aromatic carbocycles. The molecule has 0 unspecified atom stereocenters. The number of nitrogens with one attached hydrogen (secondary N) is 1. The quantitative estimate of drug-likeness (QED) is 0.911. The zero-order chi connectivity index (χ0) is 15.7. The normalized spacial score (nSPS) is 23.4. The van der Waals surface area contributed by atoms with Crippen molar-refractivity contribution >= 4 is 0 Å². The van der Waals surface area contributed by atoms with E-state index < -0.39 is 5.60 Å². The van der Waals surface area contributed by atoms with Crippen molar-refractivity contribution < 1.29 is 9.84 Å². The van der Waals surface area contributed by atoms with Crippen molar-refractivity contribution in [3.8, 4) is 5.75 Å². The predicted octanol–water partition coefficient (Wildman–Crippen LogP) is 2.93. The highest BCUT2D eigenvalue weighted by molar-refractivity contribution is 5.41. The van der Waals surface area contributed by atoms with Crippen LogP contribution < -0.4 is 10.1 Å². The van der Waals surface area contributed by atoms with E-state index in [0.717, 1.165) is 22.4 Å². The van der Waals surface area contributed by atoms with E-state index in [0.29, 0.717) is 13.0 Å². The largest absolute Gasteiger partial charge is 0.482 e. The van der Waals surface area contributed by atoms with Crippen molar-refractivity contribution in [3.63, 3.8) is 0 Å². The molecule has 0 radical (unpaired) electrons. The van der Waals surface area contributed by atoms with Gasteiger partial charge in [-0.25, -0.2) is 0 Å². The molecule has 0 aromatic heterocycles. The molecule has 0 saturated carbocycles. The summed E-state index contributed by atoms with van der Waals surface area (Å²) in [6.45, 7) is 4.61. The minimum Gasteiger partial charge on any atom is -0.482 e. The van der Waals surface area contributed by atoms with Crippen molar-refractivity contribution in [3.05, 3.63) is 64.7 Å². The number of fused-ring (bicyclic) bond motifs is 1. The number of aryl methyl sites for hydroxylation is 2. The lowest BCUT2D eigenvalue weighted by Crippen LogP contribution is -2.45. The van der Waals surface area contributed by atoms with Crippen molar-refractivity contribution in [2.75, 3.05) is 13.6 Å². The van der Waals surface area contributed by atoms with Gasteiger partial charge in [0, 0.05) is 13.0 Å². The van der Waals surface area contributed by atoms with Crippen LogP contribution in [0.15, 0.2) is 42.5 Å². The van der Waals surface area contributed by atoms with Gasteiger partial charge in [-0.2, -0.15) is 0 Å². The summed E-state index contributed by atoms with van der Waals surface area (Å²) >= 11 is 0. The molecule has 0 saturated heterocycles. The lowest BCUT2D eigenvalue weighted by atomic mass is 9.97. The molecule has 3 rings (SSSR count). The molecule has 3 heteroatoms. The highest BCUT2D eigenvalue weighted by Gasteiger charge is 2.46. The molecule has 3 nitrogen and oxygen atoms in total. The second kappa shape index (κ2) is 5.75. The first-order chi connectivity index (χ1) is 10.5. The summed E-state index contributed by atoms with van der Waals surface area (Å²) in [5.41, 5.74) is 3.63. The van der Waals surface area contributed by atoms with Crippen LogP contribution in [0.2, 0.25) is 0 Å². The summed E-state index contributed by atoms with van der Waals surface area (Å²) in [7, 11) is 1.86. The van der Waals surface area contributed by atoms with Crippen LogP contribution in [0.4, 0.5) is 0 Å². The van der Waals surface area contributed by atoms with Gasteiger partial charge in [0.05, 0.1) is 0 Å². The van der Waals surface area contributed by atoms with Gasteiger partial charge >= 0.3 is 0 Å². The molecule has 116 valence electrons. The summed E-state index contributed by atoms with van der Waals surface area (Å²) < 4.78 is 6.27. The van der Waals surface area contributed by atoms with E-state index >= 15 is 0 Å². The topological polar surface area (TPSA) is 41.5 Å².